The first-order valence-corrected chi connectivity index (χ1v) is 11.4. The molecule has 0 aliphatic rings. The van der Waals surface area contributed by atoms with Crippen LogP contribution in [0, 0.1) is 10.1 Å². The fourth-order valence-corrected chi connectivity index (χ4v) is 3.76. The number of esters is 1. The van der Waals surface area contributed by atoms with Gasteiger partial charge in [-0.25, -0.2) is 4.79 Å². The topological polar surface area (TPSA) is 107 Å². The average Bonchev–Trinajstić information content (AvgIpc) is 3.14. The molecule has 0 unspecified atom stereocenters. The van der Waals surface area contributed by atoms with Gasteiger partial charge >= 0.3 is 11.8 Å². The molecule has 0 saturated heterocycles. The van der Waals surface area contributed by atoms with Crippen LogP contribution < -0.4 is 0 Å². The van der Waals surface area contributed by atoms with Gasteiger partial charge < -0.3 is 20.0 Å². The number of imidazole rings is 1. The van der Waals surface area contributed by atoms with Crippen molar-refractivity contribution in [3.8, 4) is 11.1 Å². The van der Waals surface area contributed by atoms with Crippen molar-refractivity contribution in [3.05, 3.63) is 81.3 Å². The zero-order valence-electron chi connectivity index (χ0n) is 20.1. The first-order chi connectivity index (χ1) is 16.1. The van der Waals surface area contributed by atoms with Crippen LogP contribution in [0.4, 0.5) is 5.82 Å². The van der Waals surface area contributed by atoms with Gasteiger partial charge in [0.05, 0.1) is 18.7 Å². The summed E-state index contributed by atoms with van der Waals surface area (Å²) in [5.41, 5.74) is 2.62. The average molecular weight is 466 g/mol. The van der Waals surface area contributed by atoms with Crippen LogP contribution in [0.25, 0.3) is 11.1 Å². The van der Waals surface area contributed by atoms with Crippen LogP contribution in [-0.4, -0.2) is 31.2 Å². The van der Waals surface area contributed by atoms with Gasteiger partial charge in [0.15, 0.2) is 0 Å². The maximum atomic E-state index is 12.7. The Morgan fingerprint density at radius 1 is 1.15 bits per heavy atom. The highest BCUT2D eigenvalue weighted by molar-refractivity contribution is 5.97. The maximum absolute atomic E-state index is 12.7. The molecule has 8 heteroatoms. The van der Waals surface area contributed by atoms with Crippen molar-refractivity contribution in [1.29, 1.82) is 0 Å². The number of aryl methyl sites for hydroxylation is 1. The predicted octanol–water partition coefficient (Wildman–Crippen LogP) is 5.30. The molecule has 2 aromatic carbocycles. The molecule has 1 N–H and O–H groups in total. The van der Waals surface area contributed by atoms with Crippen molar-refractivity contribution in [2.24, 2.45) is 0 Å². The summed E-state index contributed by atoms with van der Waals surface area (Å²) in [6, 6.07) is 14.9. The van der Waals surface area contributed by atoms with Crippen LogP contribution in [0.3, 0.4) is 0 Å². The SMILES string of the molecule is CCCCc1nc([N+](=O)[O-])c(CO)n1Cc1ccc(-c2ccccc2C(=O)OC(C)(C)C)cc1. The second-order valence-electron chi connectivity index (χ2n) is 9.15. The first-order valence-electron chi connectivity index (χ1n) is 11.4. The van der Waals surface area contributed by atoms with Crippen molar-refractivity contribution in [2.75, 3.05) is 0 Å². The zero-order valence-corrected chi connectivity index (χ0v) is 20.1. The molecule has 0 saturated carbocycles. The van der Waals surface area contributed by atoms with Crippen LogP contribution in [0.5, 0.6) is 0 Å². The highest BCUT2D eigenvalue weighted by Gasteiger charge is 2.26. The third-order valence-electron chi connectivity index (χ3n) is 5.36. The smallest absolute Gasteiger partial charge is 0.387 e. The highest BCUT2D eigenvalue weighted by Crippen LogP contribution is 2.27. The lowest BCUT2D eigenvalue weighted by Crippen LogP contribution is -2.24. The largest absolute Gasteiger partial charge is 0.456 e. The number of benzene rings is 2. The van der Waals surface area contributed by atoms with Gasteiger partial charge in [-0.1, -0.05) is 55.8 Å². The molecule has 8 nitrogen and oxygen atoms in total. The molecule has 3 rings (SSSR count). The number of unbranched alkanes of at least 4 members (excludes halogenated alkanes) is 1. The third-order valence-corrected chi connectivity index (χ3v) is 5.36. The predicted molar refractivity (Wildman–Crippen MR) is 130 cm³/mol. The number of rotatable bonds is 9. The van der Waals surface area contributed by atoms with Crippen LogP contribution in [-0.2, 0) is 24.3 Å². The number of hydrogen-bond acceptors (Lipinski definition) is 6. The van der Waals surface area contributed by atoms with Gasteiger partial charge in [-0.2, -0.15) is 0 Å². The van der Waals surface area contributed by atoms with Gasteiger partial charge in [-0.3, -0.25) is 4.57 Å². The molecule has 0 aliphatic heterocycles. The quantitative estimate of drug-likeness (QED) is 0.261. The zero-order chi connectivity index (χ0) is 24.9. The Morgan fingerprint density at radius 3 is 2.41 bits per heavy atom. The van der Waals surface area contributed by atoms with E-state index in [0.29, 0.717) is 24.4 Å². The minimum absolute atomic E-state index is 0.204. The summed E-state index contributed by atoms with van der Waals surface area (Å²) in [7, 11) is 0. The summed E-state index contributed by atoms with van der Waals surface area (Å²) in [4.78, 5) is 27.8. The first kappa shape index (κ1) is 25.1. The van der Waals surface area contributed by atoms with E-state index < -0.39 is 17.1 Å². The minimum atomic E-state index is -0.596. The fourth-order valence-electron chi connectivity index (χ4n) is 3.76. The van der Waals surface area contributed by atoms with Gasteiger partial charge in [0, 0.05) is 6.42 Å². The standard InChI is InChI=1S/C26H31N3O5/c1-5-6-11-23-27-24(29(32)33)22(17-30)28(23)16-18-12-14-19(15-13-18)20-9-7-8-10-21(20)25(31)34-26(2,3)4/h7-10,12-15,30H,5-6,11,16-17H2,1-4H3. The maximum Gasteiger partial charge on any atom is 0.387 e. The summed E-state index contributed by atoms with van der Waals surface area (Å²) in [6.45, 7) is 7.43. The summed E-state index contributed by atoms with van der Waals surface area (Å²) in [5.74, 6) is -0.0838. The van der Waals surface area contributed by atoms with Crippen LogP contribution in [0.2, 0.25) is 0 Å². The lowest BCUT2D eigenvalue weighted by atomic mass is 9.98. The van der Waals surface area contributed by atoms with E-state index >= 15 is 0 Å². The van der Waals surface area contributed by atoms with Crippen LogP contribution in [0.1, 0.15) is 68.0 Å². The number of nitro groups is 1. The number of nitrogens with zero attached hydrogens (tertiary/aromatic N) is 3. The number of aliphatic hydroxyl groups excluding tert-OH is 1. The van der Waals surface area contributed by atoms with Gasteiger partial charge in [0.1, 0.15) is 11.3 Å². The van der Waals surface area contributed by atoms with Crippen molar-refractivity contribution in [1.82, 2.24) is 9.55 Å². The molecular weight excluding hydrogens is 434 g/mol. The molecule has 0 aliphatic carbocycles. The van der Waals surface area contributed by atoms with Gasteiger partial charge in [0.2, 0.25) is 5.82 Å². The van der Waals surface area contributed by atoms with Gasteiger partial charge in [0.25, 0.3) is 0 Å². The Hall–Kier alpha value is -3.52. The number of carbonyl (C=O) groups excluding carboxylic acids is 1. The molecule has 1 aromatic heterocycles. The second kappa shape index (κ2) is 10.6. The van der Waals surface area contributed by atoms with Crippen molar-refractivity contribution in [3.63, 3.8) is 0 Å². The lowest BCUT2D eigenvalue weighted by molar-refractivity contribution is -0.390. The Morgan fingerprint density at radius 2 is 1.82 bits per heavy atom. The lowest BCUT2D eigenvalue weighted by Gasteiger charge is -2.20. The van der Waals surface area contributed by atoms with E-state index in [9.17, 15) is 20.0 Å². The molecule has 0 fully saturated rings. The molecule has 0 amide bonds. The summed E-state index contributed by atoms with van der Waals surface area (Å²) in [6.07, 6.45) is 2.37. The molecule has 34 heavy (non-hydrogen) atoms. The number of hydrogen-bond donors (Lipinski definition) is 1. The van der Waals surface area contributed by atoms with Crippen LogP contribution >= 0.6 is 0 Å². The van der Waals surface area contributed by atoms with E-state index in [4.69, 9.17) is 4.74 Å². The van der Waals surface area contributed by atoms with Gasteiger partial charge in [-0.05, 0) is 59.9 Å². The Bertz CT molecular complexity index is 1160. The molecular formula is C26H31N3O5. The van der Waals surface area contributed by atoms with E-state index in [-0.39, 0.29) is 17.5 Å². The van der Waals surface area contributed by atoms with E-state index in [0.717, 1.165) is 29.5 Å². The van der Waals surface area contributed by atoms with E-state index in [1.807, 2.05) is 64.1 Å². The summed E-state index contributed by atoms with van der Waals surface area (Å²) >= 11 is 0. The molecule has 0 bridgehead atoms. The Kier molecular flexibility index (Phi) is 7.83. The number of aliphatic hydroxyl groups is 1. The second-order valence-corrected chi connectivity index (χ2v) is 9.15. The fraction of sp³-hybridized carbons (Fsp3) is 0.385. The number of ether oxygens (including phenoxy) is 1. The minimum Gasteiger partial charge on any atom is -0.456 e. The molecule has 0 radical (unpaired) electrons. The summed E-state index contributed by atoms with van der Waals surface area (Å²) in [5, 5.41) is 21.2. The van der Waals surface area contributed by atoms with E-state index in [1.54, 1.807) is 16.7 Å². The Balaban J connectivity index is 1.91. The van der Waals surface area contributed by atoms with E-state index in [1.165, 1.54) is 0 Å². The Labute approximate surface area is 199 Å². The van der Waals surface area contributed by atoms with Crippen LogP contribution in [0.15, 0.2) is 48.5 Å². The molecule has 3 aromatic rings. The molecule has 0 atom stereocenters. The van der Waals surface area contributed by atoms with Crippen molar-refractivity contribution >= 4 is 11.8 Å². The normalized spacial score (nSPS) is 11.4. The molecule has 0 spiro atoms. The van der Waals surface area contributed by atoms with E-state index in [2.05, 4.69) is 4.98 Å². The van der Waals surface area contributed by atoms with Crippen molar-refractivity contribution in [2.45, 2.75) is 65.7 Å². The highest BCUT2D eigenvalue weighted by atomic mass is 16.6. The monoisotopic (exact) mass is 465 g/mol. The number of aromatic nitrogens is 2. The number of carbonyl (C=O) groups is 1. The van der Waals surface area contributed by atoms with Crippen molar-refractivity contribution < 1.29 is 19.6 Å². The van der Waals surface area contributed by atoms with Gasteiger partial charge in [-0.15, -0.1) is 0 Å². The third kappa shape index (κ3) is 5.88. The molecule has 1 heterocycles. The summed E-state index contributed by atoms with van der Waals surface area (Å²) < 4.78 is 7.29. The molecule has 180 valence electrons.